The van der Waals surface area contributed by atoms with Crippen LogP contribution >= 0.6 is 11.6 Å². The number of anilines is 2. The number of rotatable bonds is 8. The van der Waals surface area contributed by atoms with Crippen LogP contribution < -0.4 is 20.1 Å². The fourth-order valence-corrected chi connectivity index (χ4v) is 2.81. The van der Waals surface area contributed by atoms with Crippen molar-refractivity contribution in [3.05, 3.63) is 82.9 Å². The summed E-state index contributed by atoms with van der Waals surface area (Å²) in [5.74, 6) is 1.22. The van der Waals surface area contributed by atoms with Gasteiger partial charge in [-0.1, -0.05) is 29.8 Å². The lowest BCUT2D eigenvalue weighted by molar-refractivity contribution is -0.118. The zero-order valence-corrected chi connectivity index (χ0v) is 17.1. The third kappa shape index (κ3) is 6.16. The number of hydrogen-bond acceptors (Lipinski definition) is 4. The van der Waals surface area contributed by atoms with Crippen LogP contribution in [-0.2, 0) is 11.3 Å². The molecule has 0 aliphatic rings. The number of carbonyl (C=O) groups is 1. The molecular weight excluding hydrogens is 388 g/mol. The Morgan fingerprint density at radius 3 is 2.24 bits per heavy atom. The molecule has 0 atom stereocenters. The molecule has 0 radical (unpaired) electrons. The van der Waals surface area contributed by atoms with Gasteiger partial charge < -0.3 is 20.1 Å². The van der Waals surface area contributed by atoms with Gasteiger partial charge in [0, 0.05) is 22.9 Å². The molecule has 150 valence electrons. The molecule has 3 aromatic rings. The van der Waals surface area contributed by atoms with Gasteiger partial charge in [-0.2, -0.15) is 0 Å². The average Bonchev–Trinajstić information content (AvgIpc) is 2.74. The minimum Gasteiger partial charge on any atom is -0.497 e. The lowest BCUT2D eigenvalue weighted by atomic mass is 10.2. The molecule has 3 rings (SSSR count). The fraction of sp³-hybridized carbons (Fsp3) is 0.174. The zero-order chi connectivity index (χ0) is 20.6. The van der Waals surface area contributed by atoms with Gasteiger partial charge in [-0.3, -0.25) is 4.79 Å². The molecule has 0 unspecified atom stereocenters. The maximum absolute atomic E-state index is 12.1. The summed E-state index contributed by atoms with van der Waals surface area (Å²) < 4.78 is 10.7. The van der Waals surface area contributed by atoms with Crippen molar-refractivity contribution in [1.29, 1.82) is 0 Å². The van der Waals surface area contributed by atoms with E-state index in [1.54, 1.807) is 13.2 Å². The molecule has 5 nitrogen and oxygen atoms in total. The monoisotopic (exact) mass is 410 g/mol. The SMILES string of the molecule is COc1ccc(NCc2ccc(OCC(=O)Nc3ccc(C)c(Cl)c3)cc2)cc1. The molecule has 0 saturated heterocycles. The quantitative estimate of drug-likeness (QED) is 0.530. The van der Waals surface area contributed by atoms with E-state index in [4.69, 9.17) is 21.1 Å². The van der Waals surface area contributed by atoms with E-state index in [1.807, 2.05) is 67.6 Å². The van der Waals surface area contributed by atoms with Gasteiger partial charge in [-0.05, 0) is 66.6 Å². The molecule has 0 bridgehead atoms. The van der Waals surface area contributed by atoms with Crippen LogP contribution in [0.15, 0.2) is 66.7 Å². The van der Waals surface area contributed by atoms with Gasteiger partial charge in [0.1, 0.15) is 11.5 Å². The number of amides is 1. The molecule has 0 fully saturated rings. The van der Waals surface area contributed by atoms with Gasteiger partial charge >= 0.3 is 0 Å². The first-order valence-electron chi connectivity index (χ1n) is 9.19. The number of nitrogens with one attached hydrogen (secondary N) is 2. The van der Waals surface area contributed by atoms with E-state index in [-0.39, 0.29) is 12.5 Å². The van der Waals surface area contributed by atoms with Crippen LogP contribution in [0.5, 0.6) is 11.5 Å². The van der Waals surface area contributed by atoms with Crippen LogP contribution in [0.1, 0.15) is 11.1 Å². The molecule has 0 heterocycles. The normalized spacial score (nSPS) is 10.3. The molecule has 0 saturated carbocycles. The number of aryl methyl sites for hydroxylation is 1. The topological polar surface area (TPSA) is 59.6 Å². The van der Waals surface area contributed by atoms with Gasteiger partial charge in [0.2, 0.25) is 0 Å². The first kappa shape index (κ1) is 20.6. The molecule has 0 aromatic heterocycles. The van der Waals surface area contributed by atoms with Crippen LogP contribution in [-0.4, -0.2) is 19.6 Å². The van der Waals surface area contributed by atoms with Crippen molar-refractivity contribution < 1.29 is 14.3 Å². The third-order valence-electron chi connectivity index (χ3n) is 4.34. The predicted molar refractivity (Wildman–Crippen MR) is 117 cm³/mol. The second kappa shape index (κ2) is 9.85. The molecule has 3 aromatic carbocycles. The van der Waals surface area contributed by atoms with E-state index >= 15 is 0 Å². The molecule has 6 heteroatoms. The van der Waals surface area contributed by atoms with E-state index in [1.165, 1.54) is 0 Å². The Morgan fingerprint density at radius 1 is 0.931 bits per heavy atom. The summed E-state index contributed by atoms with van der Waals surface area (Å²) in [6.45, 7) is 2.52. The van der Waals surface area contributed by atoms with Gasteiger partial charge in [-0.25, -0.2) is 0 Å². The van der Waals surface area contributed by atoms with Crippen LogP contribution in [0.4, 0.5) is 11.4 Å². The highest BCUT2D eigenvalue weighted by Crippen LogP contribution is 2.20. The summed E-state index contributed by atoms with van der Waals surface area (Å²) in [7, 11) is 1.65. The number of benzene rings is 3. The number of ether oxygens (including phenoxy) is 2. The summed E-state index contributed by atoms with van der Waals surface area (Å²) in [6, 6.07) is 20.8. The summed E-state index contributed by atoms with van der Waals surface area (Å²) >= 11 is 6.07. The predicted octanol–water partition coefficient (Wildman–Crippen LogP) is 5.29. The maximum Gasteiger partial charge on any atom is 0.262 e. The summed E-state index contributed by atoms with van der Waals surface area (Å²) in [4.78, 5) is 12.1. The molecule has 0 spiro atoms. The van der Waals surface area contributed by atoms with E-state index in [9.17, 15) is 4.79 Å². The van der Waals surface area contributed by atoms with Crippen LogP contribution in [0, 0.1) is 6.92 Å². The second-order valence-electron chi connectivity index (χ2n) is 6.53. The molecule has 0 aliphatic heterocycles. The Bertz CT molecular complexity index is 957. The highest BCUT2D eigenvalue weighted by Gasteiger charge is 2.05. The average molecular weight is 411 g/mol. The van der Waals surface area contributed by atoms with E-state index in [0.29, 0.717) is 23.0 Å². The first-order valence-corrected chi connectivity index (χ1v) is 9.57. The number of halogens is 1. The highest BCUT2D eigenvalue weighted by atomic mass is 35.5. The summed E-state index contributed by atoms with van der Waals surface area (Å²) in [6.07, 6.45) is 0. The van der Waals surface area contributed by atoms with Gasteiger partial charge in [0.25, 0.3) is 5.91 Å². The molecule has 1 amide bonds. The first-order chi connectivity index (χ1) is 14.0. The van der Waals surface area contributed by atoms with Crippen molar-refractivity contribution in [2.24, 2.45) is 0 Å². The van der Waals surface area contributed by atoms with Crippen LogP contribution in [0.25, 0.3) is 0 Å². The summed E-state index contributed by atoms with van der Waals surface area (Å²) in [5.41, 5.74) is 3.72. The molecule has 29 heavy (non-hydrogen) atoms. The Kier molecular flexibility index (Phi) is 6.98. The van der Waals surface area contributed by atoms with Gasteiger partial charge in [0.05, 0.1) is 7.11 Å². The highest BCUT2D eigenvalue weighted by molar-refractivity contribution is 6.31. The van der Waals surface area contributed by atoms with E-state index in [0.717, 1.165) is 22.6 Å². The van der Waals surface area contributed by atoms with Gasteiger partial charge in [0.15, 0.2) is 6.61 Å². The number of hydrogen-bond donors (Lipinski definition) is 2. The minimum atomic E-state index is -0.241. The standard InChI is InChI=1S/C23H23ClN2O3/c1-16-3-6-19(13-22(16)24)26-23(27)15-29-21-9-4-17(5-10-21)14-25-18-7-11-20(28-2)12-8-18/h3-13,25H,14-15H2,1-2H3,(H,26,27). The lowest BCUT2D eigenvalue weighted by Crippen LogP contribution is -2.20. The number of carbonyl (C=O) groups excluding carboxylic acids is 1. The zero-order valence-electron chi connectivity index (χ0n) is 16.4. The van der Waals surface area contributed by atoms with Gasteiger partial charge in [-0.15, -0.1) is 0 Å². The molecule has 2 N–H and O–H groups in total. The van der Waals surface area contributed by atoms with E-state index in [2.05, 4.69) is 10.6 Å². The van der Waals surface area contributed by atoms with Crippen molar-refractivity contribution in [3.8, 4) is 11.5 Å². The molecule has 0 aliphatic carbocycles. The Morgan fingerprint density at radius 2 is 1.59 bits per heavy atom. The fourth-order valence-electron chi connectivity index (χ4n) is 2.63. The van der Waals surface area contributed by atoms with Crippen molar-refractivity contribution in [1.82, 2.24) is 0 Å². The van der Waals surface area contributed by atoms with Crippen molar-refractivity contribution >= 4 is 28.9 Å². The Balaban J connectivity index is 1.45. The Labute approximate surface area is 175 Å². The molecular formula is C23H23ClN2O3. The van der Waals surface area contributed by atoms with Crippen molar-refractivity contribution in [2.75, 3.05) is 24.4 Å². The van der Waals surface area contributed by atoms with E-state index < -0.39 is 0 Å². The van der Waals surface area contributed by atoms with Crippen LogP contribution in [0.3, 0.4) is 0 Å². The third-order valence-corrected chi connectivity index (χ3v) is 4.74. The minimum absolute atomic E-state index is 0.0745. The smallest absolute Gasteiger partial charge is 0.262 e. The Hall–Kier alpha value is -3.18. The maximum atomic E-state index is 12.1. The number of methoxy groups -OCH3 is 1. The second-order valence-corrected chi connectivity index (χ2v) is 6.93. The van der Waals surface area contributed by atoms with Crippen molar-refractivity contribution in [2.45, 2.75) is 13.5 Å². The van der Waals surface area contributed by atoms with Crippen molar-refractivity contribution in [3.63, 3.8) is 0 Å². The summed E-state index contributed by atoms with van der Waals surface area (Å²) in [5, 5.41) is 6.73. The lowest BCUT2D eigenvalue weighted by Gasteiger charge is -2.10. The largest absolute Gasteiger partial charge is 0.497 e. The van der Waals surface area contributed by atoms with Crippen LogP contribution in [0.2, 0.25) is 5.02 Å².